The molecule has 4 nitrogen and oxygen atoms in total. The summed E-state index contributed by atoms with van der Waals surface area (Å²) in [6.07, 6.45) is -7.63. The van der Waals surface area contributed by atoms with Crippen LogP contribution in [0.25, 0.3) is 0 Å². The molecule has 0 saturated heterocycles. The van der Waals surface area contributed by atoms with Gasteiger partial charge in [-0.2, -0.15) is 26.3 Å². The third-order valence-electron chi connectivity index (χ3n) is 6.60. The van der Waals surface area contributed by atoms with Crippen LogP contribution in [0, 0.1) is 0 Å². The first-order valence-electron chi connectivity index (χ1n) is 10.8. The minimum atomic E-state index is -4.51. The van der Waals surface area contributed by atoms with Gasteiger partial charge in [-0.05, 0) is 72.5 Å². The molecular weight excluding hydrogens is 474 g/mol. The average molecular weight is 494 g/mol. The number of fused-ring (bicyclic) bond motifs is 5. The van der Waals surface area contributed by atoms with Crippen molar-refractivity contribution in [3.8, 4) is 17.2 Å². The second-order valence-corrected chi connectivity index (χ2v) is 8.77. The molecule has 0 radical (unpaired) electrons. The van der Waals surface area contributed by atoms with Gasteiger partial charge in [0.25, 0.3) is 0 Å². The maximum Gasteiger partial charge on any atom is 0.416 e. The Morgan fingerprint density at radius 1 is 0.657 bits per heavy atom. The first-order chi connectivity index (χ1) is 16.4. The van der Waals surface area contributed by atoms with E-state index in [0.29, 0.717) is 5.75 Å². The number of hydrogen-bond acceptors (Lipinski definition) is 4. The molecule has 1 saturated carbocycles. The normalized spacial score (nSPS) is 21.1. The van der Waals surface area contributed by atoms with E-state index in [2.05, 4.69) is 0 Å². The average Bonchev–Trinajstić information content (AvgIpc) is 3.30. The zero-order valence-corrected chi connectivity index (χ0v) is 18.1. The number of nitrogens with two attached hydrogens (primary N) is 2. The highest BCUT2D eigenvalue weighted by Crippen LogP contribution is 2.55. The van der Waals surface area contributed by atoms with Crippen LogP contribution in [0.5, 0.6) is 17.2 Å². The van der Waals surface area contributed by atoms with Crippen molar-refractivity contribution >= 4 is 11.4 Å². The van der Waals surface area contributed by atoms with Crippen molar-refractivity contribution in [1.29, 1.82) is 0 Å². The van der Waals surface area contributed by atoms with Gasteiger partial charge in [-0.15, -0.1) is 0 Å². The minimum Gasteiger partial charge on any atom is -0.487 e. The van der Waals surface area contributed by atoms with Crippen molar-refractivity contribution in [3.05, 3.63) is 76.9 Å². The van der Waals surface area contributed by atoms with E-state index in [1.54, 1.807) is 6.07 Å². The molecule has 0 amide bonds. The van der Waals surface area contributed by atoms with Gasteiger partial charge in [0.15, 0.2) is 0 Å². The fourth-order valence-corrected chi connectivity index (χ4v) is 5.00. The number of ether oxygens (including phenoxy) is 2. The van der Waals surface area contributed by atoms with Crippen molar-refractivity contribution in [1.82, 2.24) is 0 Å². The van der Waals surface area contributed by atoms with E-state index in [9.17, 15) is 26.3 Å². The minimum absolute atomic E-state index is 0.0230. The van der Waals surface area contributed by atoms with Gasteiger partial charge in [0.05, 0.1) is 22.5 Å². The molecule has 35 heavy (non-hydrogen) atoms. The highest BCUT2D eigenvalue weighted by molar-refractivity contribution is 5.58. The summed E-state index contributed by atoms with van der Waals surface area (Å²) in [4.78, 5) is 0. The quantitative estimate of drug-likeness (QED) is 0.300. The van der Waals surface area contributed by atoms with Gasteiger partial charge < -0.3 is 20.9 Å². The van der Waals surface area contributed by atoms with Crippen molar-refractivity contribution in [2.45, 2.75) is 43.1 Å². The summed E-state index contributed by atoms with van der Waals surface area (Å²) in [5, 5.41) is 0. The lowest BCUT2D eigenvalue weighted by atomic mass is 9.92. The smallest absolute Gasteiger partial charge is 0.416 e. The molecule has 0 spiro atoms. The second kappa shape index (κ2) is 8.00. The highest BCUT2D eigenvalue weighted by Gasteiger charge is 2.48. The Hall–Kier alpha value is -3.56. The lowest BCUT2D eigenvalue weighted by Gasteiger charge is -2.20. The number of nitrogen functional groups attached to an aromatic ring is 2. The van der Waals surface area contributed by atoms with E-state index < -0.39 is 23.5 Å². The molecule has 4 N–H and O–H groups in total. The molecule has 5 rings (SSSR count). The first-order valence-corrected chi connectivity index (χ1v) is 10.8. The summed E-state index contributed by atoms with van der Waals surface area (Å²) in [6.45, 7) is 0. The first kappa shape index (κ1) is 23.2. The number of hydrogen-bond donors (Lipinski definition) is 2. The van der Waals surface area contributed by atoms with Crippen LogP contribution in [0.3, 0.4) is 0 Å². The fourth-order valence-electron chi connectivity index (χ4n) is 5.00. The van der Waals surface area contributed by atoms with Gasteiger partial charge in [-0.3, -0.25) is 0 Å². The number of benzene rings is 3. The van der Waals surface area contributed by atoms with E-state index in [1.165, 1.54) is 12.1 Å². The molecule has 184 valence electrons. The van der Waals surface area contributed by atoms with Crippen LogP contribution in [0.2, 0.25) is 0 Å². The highest BCUT2D eigenvalue weighted by atomic mass is 19.4. The molecule has 10 heteroatoms. The predicted molar refractivity (Wildman–Crippen MR) is 117 cm³/mol. The molecule has 2 bridgehead atoms. The maximum atomic E-state index is 12.9. The molecular formula is C25H20F6N2O2. The third-order valence-corrected chi connectivity index (χ3v) is 6.60. The summed E-state index contributed by atoms with van der Waals surface area (Å²) in [6, 6.07) is 11.3. The lowest BCUT2D eigenvalue weighted by molar-refractivity contribution is -0.138. The molecule has 0 aliphatic heterocycles. The summed E-state index contributed by atoms with van der Waals surface area (Å²) >= 11 is 0. The SMILES string of the molecule is Nc1cc(C(F)(F)F)ccc1Oc1ccc2c(c1)C1CCC2C1Oc1ccc(C(F)(F)F)cc1N. The second-order valence-electron chi connectivity index (χ2n) is 8.77. The Labute approximate surface area is 196 Å². The van der Waals surface area contributed by atoms with E-state index in [1.807, 2.05) is 12.1 Å². The van der Waals surface area contributed by atoms with Crippen LogP contribution in [0.15, 0.2) is 54.6 Å². The van der Waals surface area contributed by atoms with E-state index in [-0.39, 0.29) is 40.8 Å². The maximum absolute atomic E-state index is 12.9. The number of rotatable bonds is 4. The monoisotopic (exact) mass is 494 g/mol. The van der Waals surface area contributed by atoms with Gasteiger partial charge in [-0.1, -0.05) is 6.07 Å². The number of halogens is 6. The van der Waals surface area contributed by atoms with Crippen molar-refractivity contribution in [2.24, 2.45) is 0 Å². The Morgan fingerprint density at radius 2 is 1.20 bits per heavy atom. The van der Waals surface area contributed by atoms with Gasteiger partial charge in [0.2, 0.25) is 0 Å². The largest absolute Gasteiger partial charge is 0.487 e. The van der Waals surface area contributed by atoms with Crippen LogP contribution >= 0.6 is 0 Å². The molecule has 1 fully saturated rings. The van der Waals surface area contributed by atoms with Crippen LogP contribution in [0.1, 0.15) is 46.9 Å². The third kappa shape index (κ3) is 4.21. The Bertz CT molecular complexity index is 1290. The standard InChI is InChI=1S/C25H20F6N2O2/c26-24(27,28)12-1-7-21(19(32)9-12)34-14-3-4-15-16-5-6-17(18(15)11-14)23(16)35-22-8-2-13(10-20(22)33)25(29,30)31/h1-4,7-11,16-17,23H,5-6,32-33H2. The van der Waals surface area contributed by atoms with Crippen molar-refractivity contribution < 1.29 is 35.8 Å². The van der Waals surface area contributed by atoms with E-state index in [4.69, 9.17) is 20.9 Å². The van der Waals surface area contributed by atoms with Gasteiger partial charge in [0.1, 0.15) is 23.4 Å². The zero-order chi connectivity index (χ0) is 25.1. The summed E-state index contributed by atoms with van der Waals surface area (Å²) in [7, 11) is 0. The fraction of sp³-hybridized carbons (Fsp3) is 0.280. The lowest BCUT2D eigenvalue weighted by Crippen LogP contribution is -2.20. The van der Waals surface area contributed by atoms with E-state index >= 15 is 0 Å². The predicted octanol–water partition coefficient (Wildman–Crippen LogP) is 7.10. The molecule has 3 unspecified atom stereocenters. The molecule has 2 aliphatic carbocycles. The van der Waals surface area contributed by atoms with Gasteiger partial charge >= 0.3 is 12.4 Å². The molecule has 3 aromatic carbocycles. The Kier molecular flexibility index (Phi) is 5.30. The molecule has 0 heterocycles. The van der Waals surface area contributed by atoms with Crippen LogP contribution < -0.4 is 20.9 Å². The molecule has 0 aromatic heterocycles. The van der Waals surface area contributed by atoms with Gasteiger partial charge in [0, 0.05) is 11.8 Å². The van der Waals surface area contributed by atoms with Gasteiger partial charge in [-0.25, -0.2) is 0 Å². The number of alkyl halides is 6. The summed E-state index contributed by atoms with van der Waals surface area (Å²) < 4.78 is 89.4. The molecule has 2 aliphatic rings. The Balaban J connectivity index is 1.36. The summed E-state index contributed by atoms with van der Waals surface area (Å²) in [5.74, 6) is 0.732. The van der Waals surface area contributed by atoms with Crippen molar-refractivity contribution in [2.75, 3.05) is 11.5 Å². The molecule has 3 atom stereocenters. The topological polar surface area (TPSA) is 70.5 Å². The summed E-state index contributed by atoms with van der Waals surface area (Å²) in [5.41, 5.74) is 11.7. The van der Waals surface area contributed by atoms with Crippen LogP contribution in [-0.4, -0.2) is 6.10 Å². The van der Waals surface area contributed by atoms with Crippen molar-refractivity contribution in [3.63, 3.8) is 0 Å². The Morgan fingerprint density at radius 3 is 1.74 bits per heavy atom. The zero-order valence-electron chi connectivity index (χ0n) is 18.1. The molecule has 3 aromatic rings. The number of anilines is 2. The van der Waals surface area contributed by atoms with Crippen LogP contribution in [-0.2, 0) is 12.4 Å². The van der Waals surface area contributed by atoms with E-state index in [0.717, 1.165) is 48.2 Å². The van der Waals surface area contributed by atoms with Crippen LogP contribution in [0.4, 0.5) is 37.7 Å².